The van der Waals surface area contributed by atoms with Crippen molar-refractivity contribution in [3.63, 3.8) is 0 Å². The summed E-state index contributed by atoms with van der Waals surface area (Å²) in [6.45, 7) is 2.76. The van der Waals surface area contributed by atoms with Gasteiger partial charge in [-0.15, -0.1) is 11.3 Å². The van der Waals surface area contributed by atoms with Gasteiger partial charge in [0.15, 0.2) is 11.4 Å². The van der Waals surface area contributed by atoms with Gasteiger partial charge in [-0.3, -0.25) is 0 Å². The number of nitrogens with one attached hydrogen (secondary N) is 1. The van der Waals surface area contributed by atoms with E-state index in [9.17, 15) is 0 Å². The molecule has 3 aromatic heterocycles. The Bertz CT molecular complexity index is 1110. The molecule has 1 unspecified atom stereocenters. The van der Waals surface area contributed by atoms with Crippen LogP contribution < -0.4 is 5.32 Å². The van der Waals surface area contributed by atoms with Crippen LogP contribution in [0.25, 0.3) is 22.2 Å². The van der Waals surface area contributed by atoms with Crippen molar-refractivity contribution in [2.24, 2.45) is 0 Å². The van der Waals surface area contributed by atoms with Crippen molar-refractivity contribution in [2.75, 3.05) is 11.9 Å². The molecule has 7 nitrogen and oxygen atoms in total. The van der Waals surface area contributed by atoms with Crippen LogP contribution in [-0.2, 0) is 4.74 Å². The van der Waals surface area contributed by atoms with Gasteiger partial charge in [0.05, 0.1) is 23.1 Å². The number of anilines is 2. The highest BCUT2D eigenvalue weighted by atomic mass is 32.1. The van der Waals surface area contributed by atoms with Gasteiger partial charge in [-0.2, -0.15) is 5.10 Å². The van der Waals surface area contributed by atoms with Gasteiger partial charge >= 0.3 is 0 Å². The topological polar surface area (TPSA) is 77.8 Å². The normalized spacial score (nSPS) is 17.1. The third-order valence-corrected chi connectivity index (χ3v) is 5.69. The zero-order valence-corrected chi connectivity index (χ0v) is 16.3. The first-order valence-electron chi connectivity index (χ1n) is 9.38. The van der Waals surface area contributed by atoms with Crippen LogP contribution in [0.4, 0.5) is 11.1 Å². The van der Waals surface area contributed by atoms with E-state index in [4.69, 9.17) is 4.74 Å². The number of aryl methyl sites for hydroxylation is 1. The maximum atomic E-state index is 5.92. The first-order valence-corrected chi connectivity index (χ1v) is 10.3. The molecule has 0 bridgehead atoms. The molecule has 0 saturated carbocycles. The van der Waals surface area contributed by atoms with E-state index in [-0.39, 0.29) is 6.23 Å². The predicted octanol–water partition coefficient (Wildman–Crippen LogP) is 4.70. The Labute approximate surface area is 166 Å². The number of hydrogen-bond acceptors (Lipinski definition) is 7. The number of fused-ring (bicyclic) bond motifs is 1. The van der Waals surface area contributed by atoms with E-state index >= 15 is 0 Å². The summed E-state index contributed by atoms with van der Waals surface area (Å²) in [4.78, 5) is 13.4. The standard InChI is InChI=1S/C20H20N6OS/c1-13-12-28-20(23-13)25-19-21-8-7-16(24-19)14-5-6-15-11-22-26(17(15)10-14)18-4-2-3-9-27-18/h5-8,10-12,18H,2-4,9H2,1H3,(H,21,23,24,25). The molecule has 1 fully saturated rings. The maximum absolute atomic E-state index is 5.92. The largest absolute Gasteiger partial charge is 0.356 e. The monoisotopic (exact) mass is 392 g/mol. The molecule has 0 amide bonds. The Balaban J connectivity index is 1.48. The zero-order chi connectivity index (χ0) is 18.9. The highest BCUT2D eigenvalue weighted by molar-refractivity contribution is 7.13. The molecule has 1 atom stereocenters. The van der Waals surface area contributed by atoms with Gasteiger partial charge < -0.3 is 10.1 Å². The molecule has 0 aliphatic carbocycles. The number of thiazole rings is 1. The summed E-state index contributed by atoms with van der Waals surface area (Å²) in [5, 5.41) is 11.6. The van der Waals surface area contributed by atoms with Gasteiger partial charge in [-0.25, -0.2) is 19.6 Å². The highest BCUT2D eigenvalue weighted by Gasteiger charge is 2.19. The van der Waals surface area contributed by atoms with Gasteiger partial charge in [-0.05, 0) is 38.3 Å². The SMILES string of the molecule is Cc1csc(Nc2nccc(-c3ccc4cnn(C5CCCCO5)c4c3)n2)n1. The lowest BCUT2D eigenvalue weighted by molar-refractivity contribution is -0.0366. The molecule has 4 aromatic rings. The van der Waals surface area contributed by atoms with Crippen LogP contribution in [0.3, 0.4) is 0 Å². The lowest BCUT2D eigenvalue weighted by Crippen LogP contribution is -2.18. The minimum Gasteiger partial charge on any atom is -0.356 e. The average Bonchev–Trinajstić information content (AvgIpc) is 3.34. The van der Waals surface area contributed by atoms with E-state index in [1.165, 1.54) is 17.8 Å². The van der Waals surface area contributed by atoms with Crippen LogP contribution in [0.5, 0.6) is 0 Å². The second-order valence-corrected chi connectivity index (χ2v) is 7.73. The van der Waals surface area contributed by atoms with Crippen molar-refractivity contribution in [3.8, 4) is 11.3 Å². The first-order chi connectivity index (χ1) is 13.8. The molecule has 4 heterocycles. The summed E-state index contributed by atoms with van der Waals surface area (Å²) >= 11 is 1.54. The Morgan fingerprint density at radius 3 is 3.00 bits per heavy atom. The molecule has 1 aliphatic heterocycles. The molecular weight excluding hydrogens is 372 g/mol. The summed E-state index contributed by atoms with van der Waals surface area (Å²) in [6.07, 6.45) is 6.96. The van der Waals surface area contributed by atoms with Gasteiger partial charge in [0.2, 0.25) is 5.95 Å². The van der Waals surface area contributed by atoms with Crippen LogP contribution in [0.2, 0.25) is 0 Å². The number of ether oxygens (including phenoxy) is 1. The summed E-state index contributed by atoms with van der Waals surface area (Å²) in [5.41, 5.74) is 3.91. The fourth-order valence-corrected chi connectivity index (χ4v) is 4.11. The first kappa shape index (κ1) is 17.3. The third-order valence-electron chi connectivity index (χ3n) is 4.82. The van der Waals surface area contributed by atoms with E-state index < -0.39 is 0 Å². The molecule has 28 heavy (non-hydrogen) atoms. The fraction of sp³-hybridized carbons (Fsp3) is 0.300. The number of hydrogen-bond donors (Lipinski definition) is 1. The minimum atomic E-state index is 0.0114. The molecule has 1 N–H and O–H groups in total. The Hall–Kier alpha value is -2.84. The molecule has 1 aliphatic rings. The second-order valence-electron chi connectivity index (χ2n) is 6.87. The maximum Gasteiger partial charge on any atom is 0.229 e. The van der Waals surface area contributed by atoms with Gasteiger partial charge in [0.25, 0.3) is 0 Å². The van der Waals surface area contributed by atoms with Gasteiger partial charge in [0, 0.05) is 29.1 Å². The van der Waals surface area contributed by atoms with Crippen molar-refractivity contribution >= 4 is 33.3 Å². The Kier molecular flexibility index (Phi) is 4.50. The number of rotatable bonds is 4. The van der Waals surface area contributed by atoms with Crippen molar-refractivity contribution < 1.29 is 4.74 Å². The van der Waals surface area contributed by atoms with E-state index in [0.29, 0.717) is 5.95 Å². The number of nitrogens with zero attached hydrogens (tertiary/aromatic N) is 5. The molecule has 0 radical (unpaired) electrons. The molecule has 0 spiro atoms. The van der Waals surface area contributed by atoms with Crippen molar-refractivity contribution in [1.82, 2.24) is 24.7 Å². The van der Waals surface area contributed by atoms with E-state index in [0.717, 1.165) is 52.4 Å². The van der Waals surface area contributed by atoms with Crippen LogP contribution >= 0.6 is 11.3 Å². The van der Waals surface area contributed by atoms with Crippen LogP contribution in [0.1, 0.15) is 31.2 Å². The van der Waals surface area contributed by atoms with Crippen molar-refractivity contribution in [1.29, 1.82) is 0 Å². The molecule has 8 heteroatoms. The molecule has 1 aromatic carbocycles. The van der Waals surface area contributed by atoms with Crippen LogP contribution in [-0.4, -0.2) is 31.3 Å². The van der Waals surface area contributed by atoms with E-state index in [2.05, 4.69) is 43.6 Å². The molecule has 1 saturated heterocycles. The van der Waals surface area contributed by atoms with Crippen molar-refractivity contribution in [2.45, 2.75) is 32.4 Å². The van der Waals surface area contributed by atoms with E-state index in [1.54, 1.807) is 6.20 Å². The lowest BCUT2D eigenvalue weighted by atomic mass is 10.1. The van der Waals surface area contributed by atoms with Gasteiger partial charge in [0.1, 0.15) is 0 Å². The van der Waals surface area contributed by atoms with Crippen LogP contribution in [0, 0.1) is 6.92 Å². The van der Waals surface area contributed by atoms with Crippen molar-refractivity contribution in [3.05, 3.63) is 47.7 Å². The zero-order valence-electron chi connectivity index (χ0n) is 15.5. The third kappa shape index (κ3) is 3.36. The predicted molar refractivity (Wildman–Crippen MR) is 110 cm³/mol. The molecule has 5 rings (SSSR count). The summed E-state index contributed by atoms with van der Waals surface area (Å²) < 4.78 is 7.92. The molecule has 142 valence electrons. The summed E-state index contributed by atoms with van der Waals surface area (Å²) in [5.74, 6) is 0.538. The molecular formula is C20H20N6OS. The minimum absolute atomic E-state index is 0.0114. The lowest BCUT2D eigenvalue weighted by Gasteiger charge is -2.23. The highest BCUT2D eigenvalue weighted by Crippen LogP contribution is 2.29. The summed E-state index contributed by atoms with van der Waals surface area (Å²) in [7, 11) is 0. The number of benzene rings is 1. The Morgan fingerprint density at radius 1 is 1.21 bits per heavy atom. The smallest absolute Gasteiger partial charge is 0.229 e. The second kappa shape index (κ2) is 7.29. The average molecular weight is 392 g/mol. The van der Waals surface area contributed by atoms with Crippen LogP contribution in [0.15, 0.2) is 42.0 Å². The van der Waals surface area contributed by atoms with Gasteiger partial charge in [-0.1, -0.05) is 12.1 Å². The quantitative estimate of drug-likeness (QED) is 0.542. The Morgan fingerprint density at radius 2 is 2.18 bits per heavy atom. The fourth-order valence-electron chi connectivity index (χ4n) is 3.43. The van der Waals surface area contributed by atoms with E-state index in [1.807, 2.05) is 29.2 Å². The summed E-state index contributed by atoms with van der Waals surface area (Å²) in [6, 6.07) is 8.18. The number of aromatic nitrogens is 5.